The van der Waals surface area contributed by atoms with Gasteiger partial charge in [0, 0.05) is 19.2 Å². The Balaban J connectivity index is 1.32. The van der Waals surface area contributed by atoms with Crippen LogP contribution in [-0.2, 0) is 4.79 Å². The minimum Gasteiger partial charge on any atom is -0.484 e. The Morgan fingerprint density at radius 1 is 0.906 bits per heavy atom. The zero-order valence-corrected chi connectivity index (χ0v) is 17.6. The molecule has 6 heteroatoms. The lowest BCUT2D eigenvalue weighted by Crippen LogP contribution is -2.38. The number of benzene rings is 3. The minimum atomic E-state index is -0.268. The first-order chi connectivity index (χ1) is 15.7. The summed E-state index contributed by atoms with van der Waals surface area (Å²) >= 11 is 0. The number of fused-ring (bicyclic) bond motifs is 2. The summed E-state index contributed by atoms with van der Waals surface area (Å²) in [5.41, 5.74) is 0.110. The second-order valence-electron chi connectivity index (χ2n) is 7.93. The molecule has 0 N–H and O–H groups in total. The van der Waals surface area contributed by atoms with Gasteiger partial charge in [-0.05, 0) is 54.3 Å². The van der Waals surface area contributed by atoms with Gasteiger partial charge in [0.2, 0.25) is 11.2 Å². The van der Waals surface area contributed by atoms with Gasteiger partial charge in [0.25, 0.3) is 5.91 Å². The monoisotopic (exact) mass is 429 g/mol. The van der Waals surface area contributed by atoms with Crippen molar-refractivity contribution >= 4 is 27.6 Å². The Hall–Kier alpha value is -3.80. The number of likely N-dealkylation sites (tertiary alicyclic amines) is 1. The maximum atomic E-state index is 12.9. The summed E-state index contributed by atoms with van der Waals surface area (Å²) in [4.78, 5) is 27.0. The zero-order valence-electron chi connectivity index (χ0n) is 17.6. The summed E-state index contributed by atoms with van der Waals surface area (Å²) in [6.45, 7) is 1.54. The molecule has 0 atom stereocenters. The first-order valence-corrected chi connectivity index (χ1v) is 10.8. The third-order valence-electron chi connectivity index (χ3n) is 5.73. The maximum Gasteiger partial charge on any atom is 0.260 e. The SMILES string of the molecule is O=C(COc1ccc2c(=O)c(Oc3ccc4ccccc4c3)coc2c1)N1CCCCC1. The lowest BCUT2D eigenvalue weighted by molar-refractivity contribution is -0.134. The summed E-state index contributed by atoms with van der Waals surface area (Å²) < 4.78 is 17.1. The molecule has 3 aromatic carbocycles. The molecule has 6 nitrogen and oxygen atoms in total. The molecule has 1 aliphatic rings. The molecule has 0 radical (unpaired) electrons. The number of amides is 1. The van der Waals surface area contributed by atoms with Crippen molar-refractivity contribution in [3.05, 3.63) is 77.2 Å². The van der Waals surface area contributed by atoms with Gasteiger partial charge < -0.3 is 18.8 Å². The van der Waals surface area contributed by atoms with Gasteiger partial charge in [-0.1, -0.05) is 30.3 Å². The van der Waals surface area contributed by atoms with E-state index < -0.39 is 0 Å². The van der Waals surface area contributed by atoms with Gasteiger partial charge in [0.05, 0.1) is 5.39 Å². The first-order valence-electron chi connectivity index (χ1n) is 10.8. The van der Waals surface area contributed by atoms with E-state index in [1.165, 1.54) is 12.7 Å². The van der Waals surface area contributed by atoms with Crippen LogP contribution in [0.4, 0.5) is 0 Å². The lowest BCUT2D eigenvalue weighted by atomic mass is 10.1. The zero-order chi connectivity index (χ0) is 21.9. The van der Waals surface area contributed by atoms with Gasteiger partial charge in [-0.25, -0.2) is 0 Å². The first kappa shape index (κ1) is 20.1. The van der Waals surface area contributed by atoms with Gasteiger partial charge in [0.1, 0.15) is 23.3 Å². The maximum absolute atomic E-state index is 12.9. The molecule has 1 amide bonds. The molecule has 1 aromatic heterocycles. The number of carbonyl (C=O) groups excluding carboxylic acids is 1. The Bertz CT molecular complexity index is 1340. The van der Waals surface area contributed by atoms with E-state index in [1.807, 2.05) is 47.4 Å². The number of ether oxygens (including phenoxy) is 2. The standard InChI is InChI=1S/C26H23NO5/c28-25(27-12-4-1-5-13-27)17-30-20-10-11-22-23(15-20)31-16-24(26(22)29)32-21-9-8-18-6-2-3-7-19(18)14-21/h2-3,6-11,14-16H,1,4-5,12-13,17H2. The number of hydrogen-bond acceptors (Lipinski definition) is 5. The third-order valence-corrected chi connectivity index (χ3v) is 5.73. The molecule has 4 aromatic rings. The highest BCUT2D eigenvalue weighted by Gasteiger charge is 2.17. The van der Waals surface area contributed by atoms with Gasteiger partial charge >= 0.3 is 0 Å². The van der Waals surface area contributed by atoms with Crippen molar-refractivity contribution in [2.24, 2.45) is 0 Å². The Morgan fingerprint density at radius 3 is 2.53 bits per heavy atom. The van der Waals surface area contributed by atoms with Crippen LogP contribution < -0.4 is 14.9 Å². The topological polar surface area (TPSA) is 69.0 Å². The number of hydrogen-bond donors (Lipinski definition) is 0. The van der Waals surface area contributed by atoms with Crippen LogP contribution in [0.5, 0.6) is 17.2 Å². The van der Waals surface area contributed by atoms with E-state index in [4.69, 9.17) is 13.9 Å². The van der Waals surface area contributed by atoms with Crippen molar-refractivity contribution in [1.29, 1.82) is 0 Å². The molecular formula is C26H23NO5. The summed E-state index contributed by atoms with van der Waals surface area (Å²) in [6, 6.07) is 18.5. The van der Waals surface area contributed by atoms with Crippen LogP contribution in [0.25, 0.3) is 21.7 Å². The molecule has 2 heterocycles. The van der Waals surface area contributed by atoms with Crippen LogP contribution in [-0.4, -0.2) is 30.5 Å². The number of piperidine rings is 1. The Labute approximate surface area is 185 Å². The van der Waals surface area contributed by atoms with E-state index in [0.717, 1.165) is 36.7 Å². The Morgan fingerprint density at radius 2 is 1.69 bits per heavy atom. The third kappa shape index (κ3) is 4.17. The van der Waals surface area contributed by atoms with E-state index in [-0.39, 0.29) is 23.7 Å². The summed E-state index contributed by atoms with van der Waals surface area (Å²) in [6.07, 6.45) is 4.55. The fraction of sp³-hybridized carbons (Fsp3) is 0.231. The van der Waals surface area contributed by atoms with E-state index in [2.05, 4.69) is 0 Å². The number of rotatable bonds is 5. The molecule has 0 aliphatic carbocycles. The molecule has 162 valence electrons. The predicted molar refractivity (Wildman–Crippen MR) is 122 cm³/mol. The van der Waals surface area contributed by atoms with Gasteiger partial charge in [-0.15, -0.1) is 0 Å². The largest absolute Gasteiger partial charge is 0.484 e. The van der Waals surface area contributed by atoms with Crippen LogP contribution >= 0.6 is 0 Å². The van der Waals surface area contributed by atoms with Crippen LogP contribution in [0, 0.1) is 0 Å². The molecule has 1 aliphatic heterocycles. The highest BCUT2D eigenvalue weighted by Crippen LogP contribution is 2.26. The fourth-order valence-electron chi connectivity index (χ4n) is 3.99. The number of carbonyl (C=O) groups is 1. The van der Waals surface area contributed by atoms with Crippen molar-refractivity contribution in [2.45, 2.75) is 19.3 Å². The van der Waals surface area contributed by atoms with Crippen molar-refractivity contribution in [3.8, 4) is 17.2 Å². The summed E-state index contributed by atoms with van der Waals surface area (Å²) in [5.74, 6) is 1.13. The van der Waals surface area contributed by atoms with Crippen molar-refractivity contribution in [2.75, 3.05) is 19.7 Å². The second-order valence-corrected chi connectivity index (χ2v) is 7.93. The van der Waals surface area contributed by atoms with Crippen molar-refractivity contribution in [1.82, 2.24) is 4.90 Å². The van der Waals surface area contributed by atoms with E-state index in [1.54, 1.807) is 18.2 Å². The highest BCUT2D eigenvalue weighted by molar-refractivity contribution is 5.84. The molecular weight excluding hydrogens is 406 g/mol. The van der Waals surface area contributed by atoms with E-state index in [0.29, 0.717) is 22.5 Å². The Kier molecular flexibility index (Phi) is 5.50. The molecule has 0 unspecified atom stereocenters. The predicted octanol–water partition coefficient (Wildman–Crippen LogP) is 5.13. The van der Waals surface area contributed by atoms with Gasteiger partial charge in [-0.2, -0.15) is 0 Å². The van der Waals surface area contributed by atoms with Crippen LogP contribution in [0.3, 0.4) is 0 Å². The van der Waals surface area contributed by atoms with Gasteiger partial charge in [-0.3, -0.25) is 9.59 Å². The molecule has 0 saturated carbocycles. The lowest BCUT2D eigenvalue weighted by Gasteiger charge is -2.26. The van der Waals surface area contributed by atoms with Crippen LogP contribution in [0.1, 0.15) is 19.3 Å². The number of nitrogens with zero attached hydrogens (tertiary/aromatic N) is 1. The molecule has 1 fully saturated rings. The highest BCUT2D eigenvalue weighted by atomic mass is 16.5. The molecule has 0 spiro atoms. The minimum absolute atomic E-state index is 0.0228. The van der Waals surface area contributed by atoms with E-state index in [9.17, 15) is 9.59 Å². The average molecular weight is 429 g/mol. The van der Waals surface area contributed by atoms with Gasteiger partial charge in [0.15, 0.2) is 6.61 Å². The molecule has 32 heavy (non-hydrogen) atoms. The van der Waals surface area contributed by atoms with Crippen LogP contribution in [0.2, 0.25) is 0 Å². The second kappa shape index (κ2) is 8.75. The van der Waals surface area contributed by atoms with E-state index >= 15 is 0 Å². The quantitative estimate of drug-likeness (QED) is 0.440. The average Bonchev–Trinajstić information content (AvgIpc) is 2.84. The summed E-state index contributed by atoms with van der Waals surface area (Å²) in [5, 5.41) is 2.51. The van der Waals surface area contributed by atoms with Crippen molar-refractivity contribution in [3.63, 3.8) is 0 Å². The molecule has 0 bridgehead atoms. The normalized spacial score (nSPS) is 13.9. The smallest absolute Gasteiger partial charge is 0.260 e. The van der Waals surface area contributed by atoms with Crippen LogP contribution in [0.15, 0.2) is 76.1 Å². The summed E-state index contributed by atoms with van der Waals surface area (Å²) in [7, 11) is 0. The molecule has 1 saturated heterocycles. The molecule has 5 rings (SSSR count). The van der Waals surface area contributed by atoms with Crippen molar-refractivity contribution < 1.29 is 18.7 Å². The fourth-order valence-corrected chi connectivity index (χ4v) is 3.99.